The molecule has 0 aliphatic heterocycles. The second-order valence-corrected chi connectivity index (χ2v) is 11.3. The van der Waals surface area contributed by atoms with Gasteiger partial charge in [-0.2, -0.15) is 4.99 Å². The van der Waals surface area contributed by atoms with Crippen molar-refractivity contribution >= 4 is 60.8 Å². The maximum Gasteiger partial charge on any atom is 0.326 e. The van der Waals surface area contributed by atoms with Gasteiger partial charge in [-0.15, -0.1) is 0 Å². The molecule has 0 unspecified atom stereocenters. The molecule has 33 heavy (non-hydrogen) atoms. The van der Waals surface area contributed by atoms with Gasteiger partial charge in [0.05, 0.1) is 16.8 Å². The van der Waals surface area contributed by atoms with Crippen LogP contribution in [0.3, 0.4) is 0 Å². The second kappa shape index (κ2) is 11.3. The molecule has 1 aliphatic carbocycles. The molecule has 1 aliphatic rings. The molecule has 2 amide bonds. The Morgan fingerprint density at radius 3 is 2.64 bits per heavy atom. The minimum atomic E-state index is -4.00. The van der Waals surface area contributed by atoms with Crippen molar-refractivity contribution in [1.29, 1.82) is 0 Å². The number of benzene rings is 1. The van der Waals surface area contributed by atoms with Gasteiger partial charge in [-0.1, -0.05) is 42.2 Å². The average Bonchev–Trinajstić information content (AvgIpc) is 3.03. The van der Waals surface area contributed by atoms with Crippen LogP contribution < -0.4 is 10.1 Å². The quantitative estimate of drug-likeness (QED) is 0.537. The normalized spacial score (nSPS) is 15.5. The molecule has 3 rings (SSSR count). The average molecular weight is 516 g/mol. The molecule has 0 atom stereocenters. The number of aromatic nitrogens is 1. The number of esters is 1. The molecule has 0 saturated heterocycles. The zero-order valence-corrected chi connectivity index (χ0v) is 20.6. The molecule has 1 aromatic carbocycles. The highest BCUT2D eigenvalue weighted by Gasteiger charge is 2.23. The summed E-state index contributed by atoms with van der Waals surface area (Å²) in [6.07, 6.45) is 4.77. The van der Waals surface area contributed by atoms with Crippen molar-refractivity contribution in [1.82, 2.24) is 9.88 Å². The number of fused-ring (bicyclic) bond motifs is 1. The van der Waals surface area contributed by atoms with Crippen LogP contribution in [0.2, 0.25) is 5.02 Å². The fourth-order valence-corrected chi connectivity index (χ4v) is 6.06. The van der Waals surface area contributed by atoms with Gasteiger partial charge in [0.1, 0.15) is 18.1 Å². The van der Waals surface area contributed by atoms with E-state index in [0.29, 0.717) is 15.2 Å². The van der Waals surface area contributed by atoms with Gasteiger partial charge in [0.2, 0.25) is 5.91 Å². The lowest BCUT2D eigenvalue weighted by molar-refractivity contribution is -0.143. The first-order valence-corrected chi connectivity index (χ1v) is 13.7. The summed E-state index contributed by atoms with van der Waals surface area (Å²) < 4.78 is 32.0. The lowest BCUT2D eigenvalue weighted by atomic mass is 9.95. The number of nitrogens with zero attached hydrogens (tertiary/aromatic N) is 2. The predicted molar refractivity (Wildman–Crippen MR) is 126 cm³/mol. The zero-order chi connectivity index (χ0) is 24.0. The van der Waals surface area contributed by atoms with Crippen molar-refractivity contribution in [2.24, 2.45) is 4.99 Å². The summed E-state index contributed by atoms with van der Waals surface area (Å²) >= 11 is 7.14. The van der Waals surface area contributed by atoms with Gasteiger partial charge < -0.3 is 14.6 Å². The van der Waals surface area contributed by atoms with Gasteiger partial charge in [-0.05, 0) is 38.0 Å². The summed E-state index contributed by atoms with van der Waals surface area (Å²) in [6, 6.07) is 4.97. The fraction of sp³-hybridized carbons (Fsp3) is 0.524. The summed E-state index contributed by atoms with van der Waals surface area (Å²) in [4.78, 5) is 40.8. The monoisotopic (exact) mass is 515 g/mol. The molecule has 1 saturated carbocycles. The van der Waals surface area contributed by atoms with E-state index >= 15 is 0 Å². The maximum atomic E-state index is 12.5. The smallest absolute Gasteiger partial charge is 0.326 e. The van der Waals surface area contributed by atoms with E-state index in [4.69, 9.17) is 16.3 Å². The van der Waals surface area contributed by atoms with Gasteiger partial charge in [-0.3, -0.25) is 14.4 Å². The van der Waals surface area contributed by atoms with Crippen molar-refractivity contribution in [2.75, 3.05) is 18.1 Å². The van der Waals surface area contributed by atoms with Gasteiger partial charge in [0.15, 0.2) is 14.6 Å². The number of hydrogen-bond donors (Lipinski definition) is 1. The van der Waals surface area contributed by atoms with Crippen LogP contribution in [-0.2, 0) is 35.5 Å². The molecule has 1 heterocycles. The van der Waals surface area contributed by atoms with Gasteiger partial charge in [0.25, 0.3) is 5.91 Å². The van der Waals surface area contributed by atoms with E-state index < -0.39 is 39.1 Å². The number of halogens is 1. The summed E-state index contributed by atoms with van der Waals surface area (Å²) in [6.45, 7) is 1.68. The summed E-state index contributed by atoms with van der Waals surface area (Å²) in [5.41, 5.74) is 0.610. The molecule has 0 bridgehead atoms. The number of hydrogen-bond acceptors (Lipinski definition) is 7. The Morgan fingerprint density at radius 1 is 1.21 bits per heavy atom. The minimum absolute atomic E-state index is 0.0194. The van der Waals surface area contributed by atoms with Crippen molar-refractivity contribution in [3.63, 3.8) is 0 Å². The third-order valence-corrected chi connectivity index (χ3v) is 7.79. The van der Waals surface area contributed by atoms with E-state index in [9.17, 15) is 22.8 Å². The molecule has 1 N–H and O–H groups in total. The largest absolute Gasteiger partial charge is 0.465 e. The van der Waals surface area contributed by atoms with E-state index in [1.165, 1.54) is 4.57 Å². The van der Waals surface area contributed by atoms with Crippen molar-refractivity contribution in [3.8, 4) is 0 Å². The molecular weight excluding hydrogens is 490 g/mol. The minimum Gasteiger partial charge on any atom is -0.465 e. The Morgan fingerprint density at radius 2 is 1.94 bits per heavy atom. The number of rotatable bonds is 8. The molecule has 1 fully saturated rings. The number of thiazole rings is 1. The van der Waals surface area contributed by atoms with E-state index in [1.807, 2.05) is 0 Å². The number of ether oxygens (including phenoxy) is 1. The van der Waals surface area contributed by atoms with Crippen LogP contribution in [0.5, 0.6) is 0 Å². The summed E-state index contributed by atoms with van der Waals surface area (Å²) in [7, 11) is -4.00. The second-order valence-electron chi connectivity index (χ2n) is 7.83. The Labute approximate surface area is 200 Å². The highest BCUT2D eigenvalue weighted by molar-refractivity contribution is 7.92. The van der Waals surface area contributed by atoms with Crippen LogP contribution in [0.1, 0.15) is 39.0 Å². The Hall–Kier alpha value is -2.24. The van der Waals surface area contributed by atoms with Crippen LogP contribution in [0.15, 0.2) is 23.2 Å². The Kier molecular flexibility index (Phi) is 8.66. The van der Waals surface area contributed by atoms with Gasteiger partial charge in [0, 0.05) is 11.1 Å². The number of amides is 2. The first-order chi connectivity index (χ1) is 15.7. The molecule has 12 heteroatoms. The van der Waals surface area contributed by atoms with Crippen LogP contribution in [0, 0.1) is 0 Å². The molecule has 0 radical (unpaired) electrons. The molecule has 9 nitrogen and oxygen atoms in total. The topological polar surface area (TPSA) is 124 Å². The third-order valence-electron chi connectivity index (χ3n) is 5.12. The lowest BCUT2D eigenvalue weighted by Gasteiger charge is -2.22. The Balaban J connectivity index is 1.77. The summed E-state index contributed by atoms with van der Waals surface area (Å²) in [5.74, 6) is -3.72. The van der Waals surface area contributed by atoms with Crippen LogP contribution in [-0.4, -0.2) is 54.9 Å². The van der Waals surface area contributed by atoms with E-state index in [-0.39, 0.29) is 24.0 Å². The SMILES string of the molecule is CCOC(=O)Cn1c(=NC(=O)CS(=O)(=O)CC(=O)NC2CCCCC2)sc2cc(Cl)ccc21. The van der Waals surface area contributed by atoms with Gasteiger partial charge in [-0.25, -0.2) is 8.42 Å². The van der Waals surface area contributed by atoms with E-state index in [0.717, 1.165) is 43.4 Å². The zero-order valence-electron chi connectivity index (χ0n) is 18.2. The van der Waals surface area contributed by atoms with Crippen molar-refractivity contribution in [2.45, 2.75) is 51.6 Å². The standard InChI is InChI=1S/C21H26ClN3O6S2/c1-2-31-20(28)11-25-16-9-8-14(22)10-17(16)32-21(25)24-19(27)13-33(29,30)12-18(26)23-15-6-4-3-5-7-15/h8-10,15H,2-7,11-13H2,1H3,(H,23,26). The molecule has 1 aromatic heterocycles. The fourth-order valence-electron chi connectivity index (χ4n) is 3.72. The first-order valence-electron chi connectivity index (χ1n) is 10.7. The lowest BCUT2D eigenvalue weighted by Crippen LogP contribution is -2.40. The third kappa shape index (κ3) is 7.38. The maximum absolute atomic E-state index is 12.5. The van der Waals surface area contributed by atoms with Crippen molar-refractivity contribution < 1.29 is 27.5 Å². The summed E-state index contributed by atoms with van der Waals surface area (Å²) in [5, 5.41) is 3.21. The predicted octanol–water partition coefficient (Wildman–Crippen LogP) is 2.21. The molecule has 0 spiro atoms. The van der Waals surface area contributed by atoms with Crippen LogP contribution in [0.4, 0.5) is 0 Å². The highest BCUT2D eigenvalue weighted by Crippen LogP contribution is 2.22. The van der Waals surface area contributed by atoms with Crippen LogP contribution in [0.25, 0.3) is 10.2 Å². The van der Waals surface area contributed by atoms with E-state index in [1.54, 1.807) is 25.1 Å². The van der Waals surface area contributed by atoms with E-state index in [2.05, 4.69) is 10.3 Å². The van der Waals surface area contributed by atoms with Gasteiger partial charge >= 0.3 is 5.97 Å². The molecule has 2 aromatic rings. The molecular formula is C21H26ClN3O6S2. The number of carbonyl (C=O) groups is 3. The number of carbonyl (C=O) groups excluding carboxylic acids is 3. The van der Waals surface area contributed by atoms with Crippen molar-refractivity contribution in [3.05, 3.63) is 28.0 Å². The Bertz CT molecular complexity index is 1210. The molecule has 180 valence electrons. The van der Waals surface area contributed by atoms with Crippen LogP contribution >= 0.6 is 22.9 Å². The number of nitrogens with one attached hydrogen (secondary N) is 1. The first kappa shape index (κ1) is 25.4. The number of sulfone groups is 1. The highest BCUT2D eigenvalue weighted by atomic mass is 35.5.